The number of nitrogens with zero attached hydrogens (tertiary/aromatic N) is 2. The first-order valence-electron chi connectivity index (χ1n) is 9.35. The number of hydrogen-bond donors (Lipinski definition) is 2. The number of hydrogen-bond acceptors (Lipinski definition) is 3. The van der Waals surface area contributed by atoms with Crippen molar-refractivity contribution in [3.05, 3.63) is 0 Å². The van der Waals surface area contributed by atoms with Crippen LogP contribution in [0, 0.1) is 0 Å². The van der Waals surface area contributed by atoms with E-state index in [1.165, 1.54) is 44.9 Å². The molecule has 0 aliphatic carbocycles. The van der Waals surface area contributed by atoms with E-state index in [-0.39, 0.29) is 56.6 Å². The molecule has 0 bridgehead atoms. The molecule has 6 nitrogen and oxygen atoms in total. The maximum Gasteiger partial charge on any atom is 1.00 e. The smallest absolute Gasteiger partial charge is 1.00 e. The SMILES string of the molecule is CCCCCCCCCCCC(=O)N(C)CCN(CCO)C(=O)O.[H-].[Na+]. The summed E-state index contributed by atoms with van der Waals surface area (Å²) in [5, 5.41) is 17.8. The Morgan fingerprint density at radius 3 is 1.88 bits per heavy atom. The fourth-order valence-electron chi connectivity index (χ4n) is 2.60. The summed E-state index contributed by atoms with van der Waals surface area (Å²) in [5.41, 5.74) is 0. The Morgan fingerprint density at radius 2 is 1.40 bits per heavy atom. The normalized spacial score (nSPS) is 10.2. The van der Waals surface area contributed by atoms with E-state index < -0.39 is 6.09 Å². The Morgan fingerprint density at radius 1 is 0.880 bits per heavy atom. The van der Waals surface area contributed by atoms with Crippen molar-refractivity contribution in [2.45, 2.75) is 71.1 Å². The number of carbonyl (C=O) groups excluding carboxylic acids is 1. The van der Waals surface area contributed by atoms with E-state index >= 15 is 0 Å². The number of amides is 2. The molecule has 0 aromatic carbocycles. The first-order valence-corrected chi connectivity index (χ1v) is 9.35. The van der Waals surface area contributed by atoms with Crippen molar-refractivity contribution in [2.75, 3.05) is 33.3 Å². The summed E-state index contributed by atoms with van der Waals surface area (Å²) in [6.45, 7) is 2.69. The fraction of sp³-hybridized carbons (Fsp3) is 0.889. The summed E-state index contributed by atoms with van der Waals surface area (Å²) < 4.78 is 0. The van der Waals surface area contributed by atoms with Gasteiger partial charge in [-0.15, -0.1) is 0 Å². The van der Waals surface area contributed by atoms with Gasteiger partial charge < -0.3 is 21.4 Å². The molecule has 0 rings (SSSR count). The van der Waals surface area contributed by atoms with Crippen LogP contribution in [0.2, 0.25) is 0 Å². The van der Waals surface area contributed by atoms with Gasteiger partial charge in [0.15, 0.2) is 0 Å². The predicted octanol–water partition coefficient (Wildman–Crippen LogP) is 0.455. The van der Waals surface area contributed by atoms with E-state index in [0.717, 1.165) is 17.7 Å². The Bertz CT molecular complexity index is 349. The Hall–Kier alpha value is -0.300. The van der Waals surface area contributed by atoms with Crippen molar-refractivity contribution in [3.63, 3.8) is 0 Å². The van der Waals surface area contributed by atoms with Crippen molar-refractivity contribution in [1.82, 2.24) is 9.80 Å². The largest absolute Gasteiger partial charge is 1.00 e. The number of carboxylic acid groups (broad SMARTS) is 1. The van der Waals surface area contributed by atoms with E-state index in [9.17, 15) is 9.59 Å². The van der Waals surface area contributed by atoms with Crippen LogP contribution in [0.3, 0.4) is 0 Å². The quantitative estimate of drug-likeness (QED) is 0.325. The van der Waals surface area contributed by atoms with Crippen LogP contribution in [0.1, 0.15) is 72.6 Å². The van der Waals surface area contributed by atoms with Crippen molar-refractivity contribution >= 4 is 12.0 Å². The molecule has 0 aromatic heterocycles. The van der Waals surface area contributed by atoms with Crippen LogP contribution in [0.15, 0.2) is 0 Å². The second-order valence-electron chi connectivity index (χ2n) is 6.39. The molecule has 2 amide bonds. The third-order valence-electron chi connectivity index (χ3n) is 4.27. The third-order valence-corrected chi connectivity index (χ3v) is 4.27. The minimum Gasteiger partial charge on any atom is -1.00 e. The first-order chi connectivity index (χ1) is 11.5. The van der Waals surface area contributed by atoms with Gasteiger partial charge in [-0.05, 0) is 6.42 Å². The van der Waals surface area contributed by atoms with Gasteiger partial charge in [-0.2, -0.15) is 0 Å². The van der Waals surface area contributed by atoms with E-state index in [1.807, 2.05) is 0 Å². The van der Waals surface area contributed by atoms with Crippen LogP contribution < -0.4 is 29.6 Å². The molecular formula is C18H37N2NaO4. The average Bonchev–Trinajstić information content (AvgIpc) is 2.56. The predicted molar refractivity (Wildman–Crippen MR) is 97.3 cm³/mol. The van der Waals surface area contributed by atoms with Crippen molar-refractivity contribution in [2.24, 2.45) is 0 Å². The van der Waals surface area contributed by atoms with Crippen LogP contribution in [0.4, 0.5) is 4.79 Å². The minimum atomic E-state index is -1.07. The topological polar surface area (TPSA) is 81.1 Å². The van der Waals surface area contributed by atoms with E-state index in [0.29, 0.717) is 13.0 Å². The van der Waals surface area contributed by atoms with Crippen LogP contribution >= 0.6 is 0 Å². The zero-order valence-corrected chi connectivity index (χ0v) is 18.5. The van der Waals surface area contributed by atoms with Crippen LogP contribution in [-0.4, -0.2) is 65.3 Å². The van der Waals surface area contributed by atoms with Crippen molar-refractivity contribution in [3.8, 4) is 0 Å². The van der Waals surface area contributed by atoms with Gasteiger partial charge in [-0.25, -0.2) is 4.79 Å². The molecule has 0 spiro atoms. The summed E-state index contributed by atoms with van der Waals surface area (Å²) in [7, 11) is 1.70. The molecular weight excluding hydrogens is 331 g/mol. The zero-order valence-electron chi connectivity index (χ0n) is 17.5. The summed E-state index contributed by atoms with van der Waals surface area (Å²) in [6.07, 6.45) is 10.4. The molecule has 0 aliphatic heterocycles. The maximum absolute atomic E-state index is 12.0. The molecule has 2 N–H and O–H groups in total. The molecule has 0 heterocycles. The fourth-order valence-corrected chi connectivity index (χ4v) is 2.60. The number of rotatable bonds is 15. The van der Waals surface area contributed by atoms with Gasteiger partial charge in [-0.1, -0.05) is 58.3 Å². The Kier molecular flexibility index (Phi) is 19.9. The van der Waals surface area contributed by atoms with Crippen LogP contribution in [-0.2, 0) is 4.79 Å². The van der Waals surface area contributed by atoms with Gasteiger partial charge in [-0.3, -0.25) is 4.79 Å². The van der Waals surface area contributed by atoms with E-state index in [2.05, 4.69) is 6.92 Å². The minimum absolute atomic E-state index is 0. The first kappa shape index (κ1) is 26.9. The number of likely N-dealkylation sites (N-methyl/N-ethyl adjacent to an activating group) is 1. The maximum atomic E-state index is 12.0. The number of aliphatic hydroxyl groups excluding tert-OH is 1. The van der Waals surface area contributed by atoms with Gasteiger partial charge in [0.2, 0.25) is 5.91 Å². The standard InChI is InChI=1S/C18H36N2O4.Na.H/c1-3-4-5-6-7-8-9-10-11-12-17(22)19(2)13-14-20(15-16-21)18(23)24;;/h21H,3-16H2,1-2H3,(H,23,24);;/q;+1;-1. The number of unbranched alkanes of at least 4 members (excludes halogenated alkanes) is 8. The van der Waals surface area contributed by atoms with Crippen LogP contribution in [0.25, 0.3) is 0 Å². The molecule has 25 heavy (non-hydrogen) atoms. The van der Waals surface area contributed by atoms with E-state index in [1.54, 1.807) is 11.9 Å². The molecule has 0 aromatic rings. The third kappa shape index (κ3) is 15.7. The molecule has 0 unspecified atom stereocenters. The molecule has 0 saturated carbocycles. The van der Waals surface area contributed by atoms with Crippen molar-refractivity contribution < 1.29 is 50.8 Å². The summed E-state index contributed by atoms with van der Waals surface area (Å²) in [6, 6.07) is 0. The van der Waals surface area contributed by atoms with Gasteiger partial charge >= 0.3 is 35.7 Å². The average molecular weight is 368 g/mol. The molecule has 7 heteroatoms. The summed E-state index contributed by atoms with van der Waals surface area (Å²) in [4.78, 5) is 25.6. The van der Waals surface area contributed by atoms with Gasteiger partial charge in [0.1, 0.15) is 0 Å². The Labute approximate surface area is 176 Å². The molecule has 0 aliphatic rings. The van der Waals surface area contributed by atoms with Crippen molar-refractivity contribution in [1.29, 1.82) is 0 Å². The van der Waals surface area contributed by atoms with Gasteiger partial charge in [0, 0.05) is 33.1 Å². The summed E-state index contributed by atoms with van der Waals surface area (Å²) in [5.74, 6) is 0.0623. The number of carbonyl (C=O) groups is 2. The number of aliphatic hydroxyl groups is 1. The molecule has 144 valence electrons. The molecule has 0 fully saturated rings. The van der Waals surface area contributed by atoms with Gasteiger partial charge in [0.25, 0.3) is 0 Å². The van der Waals surface area contributed by atoms with Crippen LogP contribution in [0.5, 0.6) is 0 Å². The second kappa shape index (κ2) is 18.5. The molecule has 0 atom stereocenters. The second-order valence-corrected chi connectivity index (χ2v) is 6.39. The monoisotopic (exact) mass is 368 g/mol. The zero-order chi connectivity index (χ0) is 18.2. The van der Waals surface area contributed by atoms with Gasteiger partial charge in [0.05, 0.1) is 6.61 Å². The Balaban J connectivity index is -0.00000264. The van der Waals surface area contributed by atoms with E-state index in [4.69, 9.17) is 10.2 Å². The molecule has 0 radical (unpaired) electrons. The molecule has 0 saturated heterocycles. The summed E-state index contributed by atoms with van der Waals surface area (Å²) >= 11 is 0.